The van der Waals surface area contributed by atoms with E-state index in [9.17, 15) is 41.1 Å². The molecule has 5 amide bonds. The van der Waals surface area contributed by atoms with Crippen LogP contribution < -0.4 is 35.9 Å². The smallest absolute Gasteiger partial charge is 0.408 e. The second-order valence-electron chi connectivity index (χ2n) is 21.8. The second kappa shape index (κ2) is 28.5. The fourth-order valence-electron chi connectivity index (χ4n) is 10.3. The number of hydrazine groups is 2. The zero-order valence-corrected chi connectivity index (χ0v) is 52.3. The maximum Gasteiger partial charge on any atom is 0.408 e. The highest BCUT2D eigenvalue weighted by molar-refractivity contribution is 9.11. The van der Waals surface area contributed by atoms with Gasteiger partial charge in [-0.25, -0.2) is 26.4 Å². The van der Waals surface area contributed by atoms with E-state index in [1.54, 1.807) is 91.5 Å². The molecule has 5 aromatic rings. The first kappa shape index (κ1) is 63.4. The van der Waals surface area contributed by atoms with Gasteiger partial charge in [-0.2, -0.15) is 0 Å². The van der Waals surface area contributed by atoms with Gasteiger partial charge in [0.15, 0.2) is 19.7 Å². The van der Waals surface area contributed by atoms with Crippen molar-refractivity contribution in [2.45, 2.75) is 57.8 Å². The molecule has 9 rings (SSSR count). The molecule has 4 saturated heterocycles. The summed E-state index contributed by atoms with van der Waals surface area (Å²) in [5.41, 5.74) is 9.33. The molecule has 84 heavy (non-hydrogen) atoms. The van der Waals surface area contributed by atoms with Crippen LogP contribution in [-0.2, 0) is 35.8 Å². The van der Waals surface area contributed by atoms with Crippen molar-refractivity contribution >= 4 is 92.5 Å². The third kappa shape index (κ3) is 17.0. The lowest BCUT2D eigenvalue weighted by atomic mass is 9.97. The summed E-state index contributed by atoms with van der Waals surface area (Å²) < 4.78 is 60.1. The van der Waals surface area contributed by atoms with E-state index in [-0.39, 0.29) is 41.4 Å². The van der Waals surface area contributed by atoms with Crippen molar-refractivity contribution in [3.05, 3.63) is 147 Å². The minimum Gasteiger partial charge on any atom is -0.492 e. The van der Waals surface area contributed by atoms with E-state index in [2.05, 4.69) is 52.3 Å². The summed E-state index contributed by atoms with van der Waals surface area (Å²) in [5, 5.41) is 23.2. The van der Waals surface area contributed by atoms with Crippen molar-refractivity contribution < 1.29 is 50.6 Å². The van der Waals surface area contributed by atoms with E-state index >= 15 is 0 Å². The van der Waals surface area contributed by atoms with Crippen LogP contribution in [0.3, 0.4) is 0 Å². The Morgan fingerprint density at radius 3 is 1.49 bits per heavy atom. The van der Waals surface area contributed by atoms with Crippen molar-refractivity contribution in [3.8, 4) is 11.5 Å². The predicted molar refractivity (Wildman–Crippen MR) is 331 cm³/mol. The number of benzene rings is 5. The number of urea groups is 1. The minimum absolute atomic E-state index is 0.167. The highest BCUT2D eigenvalue weighted by atomic mass is 79.9. The molecule has 5 N–H and O–H groups in total. The number of nitrogens with one attached hydrogen (secondary N) is 2. The first-order chi connectivity index (χ1) is 40.1. The number of nitrogens with zero attached hydrogens (tertiary/aromatic N) is 7. The molecule has 4 fully saturated rings. The SMILES string of the molecule is CC(C)(C)N(C(=O)O)[C@H](C(=O)N1CCCN1c1ccccc1Br)c1ccc(OCCN2CCS(=O)(=O)CC2)cc1.Nc1ccc(CNC(=O)N[C@H](C(=O)N2CCCN2c2ccccc2Br)c2ccc(OCCN3CCS(=O)(=O)CC3)cc2)cc1. The Labute approximate surface area is 509 Å². The lowest BCUT2D eigenvalue weighted by Crippen LogP contribution is -2.54. The Morgan fingerprint density at radius 2 is 1.05 bits per heavy atom. The molecule has 25 heteroatoms. The number of hydrogen-bond donors (Lipinski definition) is 4. The lowest BCUT2D eigenvalue weighted by Gasteiger charge is -2.42. The number of rotatable bonds is 18. The Hall–Kier alpha value is -6.64. The van der Waals surface area contributed by atoms with Gasteiger partial charge in [-0.3, -0.25) is 44.3 Å². The molecule has 0 spiro atoms. The van der Waals surface area contributed by atoms with Crippen LogP contribution >= 0.6 is 31.9 Å². The number of nitrogen functional groups attached to an aromatic ring is 1. The zero-order chi connectivity index (χ0) is 60.2. The van der Waals surface area contributed by atoms with Gasteiger partial charge in [0, 0.05) is 92.2 Å². The van der Waals surface area contributed by atoms with E-state index < -0.39 is 49.4 Å². The topological polar surface area (TPSA) is 248 Å². The fraction of sp³-hybridized carbons (Fsp3) is 0.424. The van der Waals surface area contributed by atoms with E-state index in [1.807, 2.05) is 70.7 Å². The third-order valence-electron chi connectivity index (χ3n) is 14.8. The summed E-state index contributed by atoms with van der Waals surface area (Å²) in [5.74, 6) is 1.32. The van der Waals surface area contributed by atoms with Gasteiger partial charge < -0.3 is 30.9 Å². The second-order valence-corrected chi connectivity index (χ2v) is 28.1. The first-order valence-electron chi connectivity index (χ1n) is 27.9. The molecule has 0 saturated carbocycles. The lowest BCUT2D eigenvalue weighted by molar-refractivity contribution is -0.138. The average molecular weight is 1320 g/mol. The monoisotopic (exact) mass is 1320 g/mol. The zero-order valence-electron chi connectivity index (χ0n) is 47.4. The van der Waals surface area contributed by atoms with Crippen LogP contribution in [0.15, 0.2) is 130 Å². The van der Waals surface area contributed by atoms with E-state index in [4.69, 9.17) is 15.2 Å². The molecule has 0 bridgehead atoms. The molecule has 452 valence electrons. The Kier molecular flexibility index (Phi) is 21.5. The van der Waals surface area contributed by atoms with Crippen LogP contribution in [0.25, 0.3) is 0 Å². The normalized spacial score (nSPS) is 17.8. The summed E-state index contributed by atoms with van der Waals surface area (Å²) >= 11 is 7.18. The van der Waals surface area contributed by atoms with Crippen molar-refractivity contribution in [2.24, 2.45) is 0 Å². The average Bonchev–Trinajstić information content (AvgIpc) is 3.58. The molecule has 0 aromatic heterocycles. The van der Waals surface area contributed by atoms with Crippen molar-refractivity contribution in [3.63, 3.8) is 0 Å². The number of para-hydroxylation sites is 2. The third-order valence-corrected chi connectivity index (χ3v) is 19.4. The molecule has 5 aromatic carbocycles. The van der Waals surface area contributed by atoms with Gasteiger partial charge in [0.25, 0.3) is 11.8 Å². The molecule has 4 heterocycles. The summed E-state index contributed by atoms with van der Waals surface area (Å²) in [7, 11) is -5.86. The number of sulfone groups is 2. The maximum absolute atomic E-state index is 14.2. The summed E-state index contributed by atoms with van der Waals surface area (Å²) in [6, 6.07) is 34.2. The van der Waals surface area contributed by atoms with Crippen LogP contribution in [-0.4, -0.2) is 178 Å². The largest absolute Gasteiger partial charge is 0.492 e. The van der Waals surface area contributed by atoms with Crippen LogP contribution in [0.4, 0.5) is 26.7 Å². The first-order valence-corrected chi connectivity index (χ1v) is 33.2. The Morgan fingerprint density at radius 1 is 0.607 bits per heavy atom. The number of amides is 5. The molecule has 21 nitrogen and oxygen atoms in total. The number of ether oxygens (including phenoxy) is 2. The molecular formula is C59H74Br2N10O11S2. The van der Waals surface area contributed by atoms with Crippen molar-refractivity contribution in [1.82, 2.24) is 35.4 Å². The number of carbonyl (C=O) groups excluding carboxylic acids is 3. The van der Waals surface area contributed by atoms with Crippen LogP contribution in [0.1, 0.15) is 62.4 Å². The molecule has 0 unspecified atom stereocenters. The highest BCUT2D eigenvalue weighted by Gasteiger charge is 2.43. The quantitative estimate of drug-likeness (QED) is 0.0626. The van der Waals surface area contributed by atoms with E-state index in [0.717, 1.165) is 38.7 Å². The number of hydrogen-bond acceptors (Lipinski definition) is 15. The number of carboxylic acid groups (broad SMARTS) is 1. The summed E-state index contributed by atoms with van der Waals surface area (Å²) in [4.78, 5) is 59.3. The standard InChI is InChI=1S/C31H37BrN6O5S.C28H37BrN4O6S/c32-27-4-1-2-5-28(27)37-14-3-15-38(37)30(39)29(35-31(40)34-22-23-6-10-25(33)11-7-23)24-8-12-26(13-9-24)43-19-16-36-17-20-44(41,42)21-18-36;1-28(2,3)33(27(35)36)25(26(34)32-14-6-13-31(32)24-8-5-4-7-23(24)29)21-9-11-22(12-10-21)39-18-15-30-16-19-40(37,38)20-17-30/h1-2,4-13,29H,3,14-22,33H2,(H2,34,35,40);4-5,7-12,25H,6,13-20H2,1-3H3,(H,35,36)/t29-;25-/m00/s1. The Balaban J connectivity index is 0.000000220. The number of carbonyl (C=O) groups is 4. The number of halogens is 2. The van der Waals surface area contributed by atoms with Crippen molar-refractivity contribution in [2.75, 3.05) is 117 Å². The van der Waals surface area contributed by atoms with Crippen molar-refractivity contribution in [1.29, 1.82) is 0 Å². The number of nitrogens with two attached hydrogens (primary N) is 1. The predicted octanol–water partition coefficient (Wildman–Crippen LogP) is 7.37. The number of anilines is 3. The maximum atomic E-state index is 14.2. The minimum atomic E-state index is -2.93. The van der Waals surface area contributed by atoms with Gasteiger partial charge in [0.2, 0.25) is 0 Å². The van der Waals surface area contributed by atoms with Crippen LogP contribution in [0.2, 0.25) is 0 Å². The van der Waals surface area contributed by atoms with Gasteiger partial charge in [0.05, 0.1) is 34.4 Å². The molecule has 2 atom stereocenters. The van der Waals surface area contributed by atoms with E-state index in [1.165, 1.54) is 4.90 Å². The highest BCUT2D eigenvalue weighted by Crippen LogP contribution is 2.37. The molecule has 0 radical (unpaired) electrons. The van der Waals surface area contributed by atoms with Gasteiger partial charge in [0.1, 0.15) is 36.8 Å². The van der Waals surface area contributed by atoms with Gasteiger partial charge in [-0.15, -0.1) is 0 Å². The van der Waals surface area contributed by atoms with E-state index in [0.29, 0.717) is 107 Å². The molecule has 4 aliphatic heterocycles. The summed E-state index contributed by atoms with van der Waals surface area (Å²) in [6.07, 6.45) is 0.373. The van der Waals surface area contributed by atoms with Crippen LogP contribution in [0, 0.1) is 0 Å². The van der Waals surface area contributed by atoms with Crippen LogP contribution in [0.5, 0.6) is 11.5 Å². The fourth-order valence-corrected chi connectivity index (χ4v) is 13.8. The van der Waals surface area contributed by atoms with Gasteiger partial charge >= 0.3 is 12.1 Å². The molecule has 0 aliphatic carbocycles. The van der Waals surface area contributed by atoms with Gasteiger partial charge in [-0.05, 0) is 143 Å². The van der Waals surface area contributed by atoms with Gasteiger partial charge in [-0.1, -0.05) is 60.7 Å². The Bertz CT molecular complexity index is 3280. The summed E-state index contributed by atoms with van der Waals surface area (Å²) in [6.45, 7) is 11.9. The molecular weight excluding hydrogens is 1250 g/mol. The molecule has 4 aliphatic rings.